The maximum Gasteiger partial charge on any atom is 0.257 e. The minimum atomic E-state index is 0.0437. The highest BCUT2D eigenvalue weighted by Crippen LogP contribution is 2.42. The molecule has 7 heteroatoms. The summed E-state index contributed by atoms with van der Waals surface area (Å²) in [7, 11) is 0. The summed E-state index contributed by atoms with van der Waals surface area (Å²) >= 11 is 6.04. The number of hydrogen-bond acceptors (Lipinski definition) is 3. The molecule has 0 unspecified atom stereocenters. The van der Waals surface area contributed by atoms with Gasteiger partial charge in [0.1, 0.15) is 0 Å². The highest BCUT2D eigenvalue weighted by molar-refractivity contribution is 6.30. The molecule has 28 heavy (non-hydrogen) atoms. The van der Waals surface area contributed by atoms with Gasteiger partial charge in [0.05, 0.1) is 22.6 Å². The van der Waals surface area contributed by atoms with Gasteiger partial charge in [0, 0.05) is 44.0 Å². The zero-order valence-electron chi connectivity index (χ0n) is 16.3. The predicted octanol–water partition coefficient (Wildman–Crippen LogP) is 3.27. The molecule has 2 heterocycles. The van der Waals surface area contributed by atoms with Crippen LogP contribution in [-0.4, -0.2) is 57.6 Å². The maximum absolute atomic E-state index is 13.5. The summed E-state index contributed by atoms with van der Waals surface area (Å²) in [5, 5.41) is 5.54. The number of halogens is 1. The zero-order chi connectivity index (χ0) is 19.8. The molecule has 0 bridgehead atoms. The molecule has 2 fully saturated rings. The molecular formula is C21H25ClN4O2. The average Bonchev–Trinajstić information content (AvgIpc) is 3.48. The van der Waals surface area contributed by atoms with Gasteiger partial charge in [0.2, 0.25) is 5.91 Å². The largest absolute Gasteiger partial charge is 0.339 e. The number of amides is 2. The second kappa shape index (κ2) is 7.59. The van der Waals surface area contributed by atoms with Gasteiger partial charge in [-0.25, -0.2) is 4.68 Å². The topological polar surface area (TPSA) is 58.4 Å². The number of rotatable bonds is 4. The number of aromatic nitrogens is 2. The molecule has 1 aliphatic heterocycles. The van der Waals surface area contributed by atoms with Crippen LogP contribution in [0.4, 0.5) is 0 Å². The number of hydrogen-bond donors (Lipinski definition) is 0. The molecule has 0 N–H and O–H groups in total. The molecule has 0 atom stereocenters. The highest BCUT2D eigenvalue weighted by Gasteiger charge is 2.36. The van der Waals surface area contributed by atoms with Gasteiger partial charge in [-0.15, -0.1) is 0 Å². The maximum atomic E-state index is 13.5. The second-order valence-corrected chi connectivity index (χ2v) is 7.96. The van der Waals surface area contributed by atoms with E-state index in [1.165, 1.54) is 0 Å². The molecule has 0 radical (unpaired) electrons. The van der Waals surface area contributed by atoms with Gasteiger partial charge in [-0.05, 0) is 43.5 Å². The lowest BCUT2D eigenvalue weighted by molar-refractivity contribution is -0.130. The van der Waals surface area contributed by atoms with E-state index in [9.17, 15) is 9.59 Å². The summed E-state index contributed by atoms with van der Waals surface area (Å²) in [5.41, 5.74) is 3.55. The van der Waals surface area contributed by atoms with Crippen molar-refractivity contribution in [3.05, 3.63) is 46.2 Å². The van der Waals surface area contributed by atoms with E-state index in [2.05, 4.69) is 6.92 Å². The Labute approximate surface area is 170 Å². The molecule has 1 aromatic carbocycles. The van der Waals surface area contributed by atoms with Crippen LogP contribution >= 0.6 is 11.6 Å². The number of nitrogens with zero attached hydrogens (tertiary/aromatic N) is 4. The Kier molecular flexibility index (Phi) is 5.15. The third-order valence-corrected chi connectivity index (χ3v) is 5.86. The first-order valence-corrected chi connectivity index (χ1v) is 10.3. The Morgan fingerprint density at radius 2 is 1.68 bits per heavy atom. The molecule has 2 aliphatic rings. The van der Waals surface area contributed by atoms with Crippen LogP contribution in [-0.2, 0) is 11.2 Å². The van der Waals surface area contributed by atoms with E-state index in [4.69, 9.17) is 16.7 Å². The van der Waals surface area contributed by atoms with Crippen molar-refractivity contribution in [1.29, 1.82) is 0 Å². The van der Waals surface area contributed by atoms with Crippen LogP contribution in [0.5, 0.6) is 0 Å². The van der Waals surface area contributed by atoms with Crippen molar-refractivity contribution in [2.24, 2.45) is 0 Å². The molecule has 4 rings (SSSR count). The van der Waals surface area contributed by atoms with Crippen LogP contribution < -0.4 is 0 Å². The Hall–Kier alpha value is -2.34. The Balaban J connectivity index is 1.69. The van der Waals surface area contributed by atoms with Crippen LogP contribution in [0, 0.1) is 0 Å². The molecule has 2 aromatic rings. The fraction of sp³-hybridized carbons (Fsp3) is 0.476. The number of carbonyl (C=O) groups excluding carboxylic acids is 2. The average molecular weight is 401 g/mol. The normalized spacial score (nSPS) is 17.1. The molecule has 1 saturated heterocycles. The fourth-order valence-electron chi connectivity index (χ4n) is 3.85. The third-order valence-electron chi connectivity index (χ3n) is 5.60. The zero-order valence-corrected chi connectivity index (χ0v) is 17.1. The summed E-state index contributed by atoms with van der Waals surface area (Å²) in [5.74, 6) is 0.481. The molecule has 1 saturated carbocycles. The minimum absolute atomic E-state index is 0.0437. The van der Waals surface area contributed by atoms with Gasteiger partial charge in [0.25, 0.3) is 5.91 Å². The molecule has 2 amide bonds. The molecule has 6 nitrogen and oxygen atoms in total. The molecule has 0 spiro atoms. The summed E-state index contributed by atoms with van der Waals surface area (Å²) in [6.45, 7) is 5.95. The quantitative estimate of drug-likeness (QED) is 0.791. The van der Waals surface area contributed by atoms with Crippen LogP contribution in [0.2, 0.25) is 5.02 Å². The van der Waals surface area contributed by atoms with Crippen LogP contribution in [0.1, 0.15) is 54.4 Å². The van der Waals surface area contributed by atoms with Crippen LogP contribution in [0.3, 0.4) is 0 Å². The van der Waals surface area contributed by atoms with E-state index >= 15 is 0 Å². The summed E-state index contributed by atoms with van der Waals surface area (Å²) in [6.07, 6.45) is 2.88. The molecular weight excluding hydrogens is 376 g/mol. The summed E-state index contributed by atoms with van der Waals surface area (Å²) in [4.78, 5) is 28.7. The van der Waals surface area contributed by atoms with E-state index in [1.54, 1.807) is 11.8 Å². The van der Waals surface area contributed by atoms with E-state index in [-0.39, 0.29) is 11.8 Å². The fourth-order valence-corrected chi connectivity index (χ4v) is 3.98. The standard InChI is InChI=1S/C21H25ClN4O2/c1-3-18-19(21(28)25-12-10-24(11-13-25)14(2)27)20(15-4-5-15)23-26(18)17-8-6-16(22)7-9-17/h6-9,15H,3-5,10-13H2,1-2H3. The minimum Gasteiger partial charge on any atom is -0.339 e. The van der Waals surface area contributed by atoms with Gasteiger partial charge >= 0.3 is 0 Å². The summed E-state index contributed by atoms with van der Waals surface area (Å²) < 4.78 is 1.91. The van der Waals surface area contributed by atoms with Gasteiger partial charge in [-0.2, -0.15) is 5.10 Å². The smallest absolute Gasteiger partial charge is 0.257 e. The van der Waals surface area contributed by atoms with E-state index in [0.29, 0.717) is 37.1 Å². The van der Waals surface area contributed by atoms with Gasteiger partial charge < -0.3 is 9.80 Å². The lowest BCUT2D eigenvalue weighted by Crippen LogP contribution is -2.50. The van der Waals surface area contributed by atoms with Crippen molar-refractivity contribution in [3.8, 4) is 5.69 Å². The van der Waals surface area contributed by atoms with Gasteiger partial charge in [0.15, 0.2) is 0 Å². The third kappa shape index (κ3) is 3.53. The van der Waals surface area contributed by atoms with Crippen LogP contribution in [0.15, 0.2) is 24.3 Å². The SMILES string of the molecule is CCc1c(C(=O)N2CCN(C(C)=O)CC2)c(C2CC2)nn1-c1ccc(Cl)cc1. The van der Waals surface area contributed by atoms with Crippen molar-refractivity contribution < 1.29 is 9.59 Å². The first-order valence-electron chi connectivity index (χ1n) is 9.92. The Bertz CT molecular complexity index is 894. The van der Waals surface area contributed by atoms with Crippen molar-refractivity contribution in [3.63, 3.8) is 0 Å². The first kappa shape index (κ1) is 19.0. The predicted molar refractivity (Wildman–Crippen MR) is 108 cm³/mol. The number of benzene rings is 1. The van der Waals surface area contributed by atoms with Gasteiger partial charge in [-0.3, -0.25) is 9.59 Å². The first-order chi connectivity index (χ1) is 13.5. The molecule has 1 aromatic heterocycles. The van der Waals surface area contributed by atoms with E-state index in [1.807, 2.05) is 33.8 Å². The van der Waals surface area contributed by atoms with Crippen LogP contribution in [0.25, 0.3) is 5.69 Å². The van der Waals surface area contributed by atoms with E-state index in [0.717, 1.165) is 41.9 Å². The summed E-state index contributed by atoms with van der Waals surface area (Å²) in [6, 6.07) is 7.56. The number of piperazine rings is 1. The Morgan fingerprint density at radius 1 is 1.07 bits per heavy atom. The monoisotopic (exact) mass is 400 g/mol. The van der Waals surface area contributed by atoms with Crippen molar-refractivity contribution in [2.75, 3.05) is 26.2 Å². The molecule has 148 valence electrons. The van der Waals surface area contributed by atoms with Crippen molar-refractivity contribution in [2.45, 2.75) is 39.0 Å². The lowest BCUT2D eigenvalue weighted by Gasteiger charge is -2.34. The van der Waals surface area contributed by atoms with E-state index < -0.39 is 0 Å². The highest BCUT2D eigenvalue weighted by atomic mass is 35.5. The van der Waals surface area contributed by atoms with Crippen molar-refractivity contribution >= 4 is 23.4 Å². The van der Waals surface area contributed by atoms with Crippen molar-refractivity contribution in [1.82, 2.24) is 19.6 Å². The van der Waals surface area contributed by atoms with Gasteiger partial charge in [-0.1, -0.05) is 18.5 Å². The lowest BCUT2D eigenvalue weighted by atomic mass is 10.1. The Morgan fingerprint density at radius 3 is 2.21 bits per heavy atom. The molecule has 1 aliphatic carbocycles. The number of carbonyl (C=O) groups is 2. The second-order valence-electron chi connectivity index (χ2n) is 7.52.